The first-order valence-corrected chi connectivity index (χ1v) is 9.34. The van der Waals surface area contributed by atoms with E-state index in [4.69, 9.17) is 21.1 Å². The molecule has 1 N–H and O–H groups in total. The molecule has 144 valence electrons. The molecule has 7 heteroatoms. The normalized spacial score (nSPS) is 16.0. The Morgan fingerprint density at radius 2 is 1.93 bits per heavy atom. The number of imidazole rings is 1. The number of aromatic nitrogens is 2. The number of nitrogens with one attached hydrogen (secondary N) is 1. The van der Waals surface area contributed by atoms with Crippen molar-refractivity contribution in [3.8, 4) is 0 Å². The van der Waals surface area contributed by atoms with Crippen LogP contribution < -0.4 is 5.32 Å². The summed E-state index contributed by atoms with van der Waals surface area (Å²) in [6.07, 6.45) is 0. The van der Waals surface area contributed by atoms with Crippen molar-refractivity contribution >= 4 is 34.6 Å². The van der Waals surface area contributed by atoms with Gasteiger partial charge in [0.05, 0.1) is 29.3 Å². The van der Waals surface area contributed by atoms with Crippen LogP contribution in [-0.2, 0) is 14.3 Å². The molecule has 2 aromatic carbocycles. The molecule has 3 aromatic rings. The number of rotatable bonds is 5. The zero-order chi connectivity index (χ0) is 19.7. The Morgan fingerprint density at radius 3 is 2.68 bits per heavy atom. The summed E-state index contributed by atoms with van der Waals surface area (Å²) in [5.41, 5.74) is 3.96. The molecular weight excluding hydrogens is 378 g/mol. The highest BCUT2D eigenvalue weighted by Gasteiger charge is 2.34. The van der Waals surface area contributed by atoms with Crippen molar-refractivity contribution < 1.29 is 14.3 Å². The quantitative estimate of drug-likeness (QED) is 0.517. The molecule has 1 aliphatic heterocycles. The molecule has 0 bridgehead atoms. The van der Waals surface area contributed by atoms with Gasteiger partial charge >= 0.3 is 5.97 Å². The van der Waals surface area contributed by atoms with Gasteiger partial charge in [-0.3, -0.25) is 4.57 Å². The predicted octanol–water partition coefficient (Wildman–Crippen LogP) is 4.17. The Bertz CT molecular complexity index is 1060. The number of methoxy groups -OCH3 is 1. The minimum Gasteiger partial charge on any atom is -0.460 e. The molecule has 4 rings (SSSR count). The number of esters is 1. The van der Waals surface area contributed by atoms with Gasteiger partial charge in [0.2, 0.25) is 5.95 Å². The molecule has 0 radical (unpaired) electrons. The van der Waals surface area contributed by atoms with Gasteiger partial charge in [0.25, 0.3) is 0 Å². The van der Waals surface area contributed by atoms with Crippen LogP contribution in [0.2, 0.25) is 5.02 Å². The van der Waals surface area contributed by atoms with E-state index in [0.29, 0.717) is 28.8 Å². The highest BCUT2D eigenvalue weighted by atomic mass is 35.5. The fraction of sp³-hybridized carbons (Fsp3) is 0.238. The van der Waals surface area contributed by atoms with Crippen LogP contribution in [0.5, 0.6) is 0 Å². The van der Waals surface area contributed by atoms with Crippen LogP contribution in [0.15, 0.2) is 59.8 Å². The molecule has 1 aliphatic rings. The van der Waals surface area contributed by atoms with E-state index >= 15 is 0 Å². The minimum atomic E-state index is -0.384. The van der Waals surface area contributed by atoms with Crippen molar-refractivity contribution in [2.45, 2.75) is 13.0 Å². The van der Waals surface area contributed by atoms with E-state index in [-0.39, 0.29) is 18.6 Å². The van der Waals surface area contributed by atoms with Gasteiger partial charge in [-0.2, -0.15) is 0 Å². The van der Waals surface area contributed by atoms with Crippen LogP contribution >= 0.6 is 11.6 Å². The van der Waals surface area contributed by atoms with E-state index in [1.807, 2.05) is 60.0 Å². The lowest BCUT2D eigenvalue weighted by atomic mass is 9.95. The zero-order valence-corrected chi connectivity index (χ0v) is 16.4. The Morgan fingerprint density at radius 1 is 1.18 bits per heavy atom. The van der Waals surface area contributed by atoms with E-state index < -0.39 is 0 Å². The number of hydrogen-bond acceptors (Lipinski definition) is 5. The Labute approximate surface area is 167 Å². The molecule has 0 saturated heterocycles. The van der Waals surface area contributed by atoms with Crippen molar-refractivity contribution in [2.24, 2.45) is 0 Å². The monoisotopic (exact) mass is 397 g/mol. The third kappa shape index (κ3) is 3.25. The van der Waals surface area contributed by atoms with Crippen LogP contribution in [0.1, 0.15) is 18.5 Å². The average Bonchev–Trinajstić information content (AvgIpc) is 3.05. The van der Waals surface area contributed by atoms with Gasteiger partial charge in [-0.1, -0.05) is 35.9 Å². The van der Waals surface area contributed by atoms with Gasteiger partial charge in [0.15, 0.2) is 0 Å². The Hall–Kier alpha value is -2.83. The van der Waals surface area contributed by atoms with Crippen LogP contribution in [0.3, 0.4) is 0 Å². The number of carbonyl (C=O) groups excluding carboxylic acids is 1. The second-order valence-corrected chi connectivity index (χ2v) is 6.98. The number of ether oxygens (including phenoxy) is 2. The van der Waals surface area contributed by atoms with Crippen LogP contribution in [0, 0.1) is 0 Å². The smallest absolute Gasteiger partial charge is 0.338 e. The van der Waals surface area contributed by atoms with Gasteiger partial charge in [-0.05, 0) is 36.8 Å². The summed E-state index contributed by atoms with van der Waals surface area (Å²) in [5, 5.41) is 3.89. The largest absolute Gasteiger partial charge is 0.460 e. The number of benzene rings is 2. The van der Waals surface area contributed by atoms with Gasteiger partial charge < -0.3 is 14.8 Å². The molecule has 28 heavy (non-hydrogen) atoms. The van der Waals surface area contributed by atoms with Crippen molar-refractivity contribution in [3.63, 3.8) is 0 Å². The SMILES string of the molecule is COCCOC(=O)C1=C(C)Nc2nc3ccccc3n2[C@@H]1c1ccc(Cl)cc1. The molecule has 0 aliphatic carbocycles. The van der Waals surface area contributed by atoms with Gasteiger partial charge in [-0.25, -0.2) is 9.78 Å². The lowest BCUT2D eigenvalue weighted by Crippen LogP contribution is -2.29. The van der Waals surface area contributed by atoms with Gasteiger partial charge in [0.1, 0.15) is 6.61 Å². The molecule has 0 amide bonds. The first kappa shape index (κ1) is 18.5. The third-order valence-electron chi connectivity index (χ3n) is 4.76. The summed E-state index contributed by atoms with van der Waals surface area (Å²) in [4.78, 5) is 17.7. The van der Waals surface area contributed by atoms with Crippen LogP contribution in [-0.4, -0.2) is 35.8 Å². The lowest BCUT2D eigenvalue weighted by Gasteiger charge is -2.30. The molecule has 1 atom stereocenters. The number of hydrogen-bond donors (Lipinski definition) is 1. The number of para-hydroxylation sites is 2. The molecule has 0 fully saturated rings. The summed E-state index contributed by atoms with van der Waals surface area (Å²) in [6, 6.07) is 15.0. The summed E-state index contributed by atoms with van der Waals surface area (Å²) in [6.45, 7) is 2.39. The number of halogens is 1. The molecule has 0 saturated carbocycles. The summed E-state index contributed by atoms with van der Waals surface area (Å²) in [5.74, 6) is 0.303. The molecule has 0 spiro atoms. The van der Waals surface area contributed by atoms with Crippen LogP contribution in [0.25, 0.3) is 11.0 Å². The summed E-state index contributed by atoms with van der Waals surface area (Å²) >= 11 is 6.09. The molecular formula is C21H20ClN3O3. The number of nitrogens with zero attached hydrogens (tertiary/aromatic N) is 2. The summed E-state index contributed by atoms with van der Waals surface area (Å²) in [7, 11) is 1.57. The summed E-state index contributed by atoms with van der Waals surface area (Å²) < 4.78 is 12.5. The van der Waals surface area contributed by atoms with Gasteiger partial charge in [-0.15, -0.1) is 0 Å². The second kappa shape index (κ2) is 7.66. The Kier molecular flexibility index (Phi) is 5.07. The van der Waals surface area contributed by atoms with E-state index in [1.54, 1.807) is 7.11 Å². The average molecular weight is 398 g/mol. The standard InChI is InChI=1S/C21H20ClN3O3/c1-13-18(20(26)28-12-11-27-2)19(14-7-9-15(22)10-8-14)25-17-6-4-3-5-16(17)24-21(25)23-13/h3-10,19H,11-12H2,1-2H3,(H,23,24)/t19-/m1/s1. The first-order chi connectivity index (χ1) is 13.6. The maximum absolute atomic E-state index is 13.0. The number of anilines is 1. The highest BCUT2D eigenvalue weighted by Crippen LogP contribution is 2.39. The fourth-order valence-electron chi connectivity index (χ4n) is 3.48. The maximum Gasteiger partial charge on any atom is 0.338 e. The molecule has 6 nitrogen and oxygen atoms in total. The molecule has 0 unspecified atom stereocenters. The van der Waals surface area contributed by atoms with Gasteiger partial charge in [0, 0.05) is 17.8 Å². The third-order valence-corrected chi connectivity index (χ3v) is 5.01. The predicted molar refractivity (Wildman–Crippen MR) is 108 cm³/mol. The first-order valence-electron chi connectivity index (χ1n) is 8.96. The van der Waals surface area contributed by atoms with E-state index in [0.717, 1.165) is 16.6 Å². The van der Waals surface area contributed by atoms with Crippen molar-refractivity contribution in [2.75, 3.05) is 25.6 Å². The number of fused-ring (bicyclic) bond motifs is 3. The lowest BCUT2D eigenvalue weighted by molar-refractivity contribution is -0.140. The number of carbonyl (C=O) groups is 1. The highest BCUT2D eigenvalue weighted by molar-refractivity contribution is 6.30. The minimum absolute atomic E-state index is 0.191. The van der Waals surface area contributed by atoms with E-state index in [9.17, 15) is 4.79 Å². The maximum atomic E-state index is 13.0. The molecule has 1 aromatic heterocycles. The number of allylic oxidation sites excluding steroid dienone is 1. The van der Waals surface area contributed by atoms with Crippen LogP contribution in [0.4, 0.5) is 5.95 Å². The topological polar surface area (TPSA) is 65.4 Å². The molecule has 2 heterocycles. The van der Waals surface area contributed by atoms with Crippen molar-refractivity contribution in [3.05, 3.63) is 70.4 Å². The van der Waals surface area contributed by atoms with Crippen molar-refractivity contribution in [1.82, 2.24) is 9.55 Å². The zero-order valence-electron chi connectivity index (χ0n) is 15.6. The second-order valence-electron chi connectivity index (χ2n) is 6.54. The van der Waals surface area contributed by atoms with E-state index in [2.05, 4.69) is 10.3 Å². The van der Waals surface area contributed by atoms with E-state index in [1.165, 1.54) is 0 Å². The van der Waals surface area contributed by atoms with Crippen molar-refractivity contribution in [1.29, 1.82) is 0 Å². The Balaban J connectivity index is 1.86. The fourth-order valence-corrected chi connectivity index (χ4v) is 3.61.